The summed E-state index contributed by atoms with van der Waals surface area (Å²) in [6.07, 6.45) is 5.49. The molecule has 3 rings (SSSR count). The first-order valence-corrected chi connectivity index (χ1v) is 14.1. The van der Waals surface area contributed by atoms with Gasteiger partial charge in [0, 0.05) is 28.2 Å². The third kappa shape index (κ3) is 4.75. The van der Waals surface area contributed by atoms with E-state index in [9.17, 15) is 0 Å². The first kappa shape index (κ1) is 21.6. The van der Waals surface area contributed by atoms with Gasteiger partial charge in [0.2, 0.25) is 0 Å². The van der Waals surface area contributed by atoms with Crippen molar-refractivity contribution in [2.45, 2.75) is 83.7 Å². The summed E-state index contributed by atoms with van der Waals surface area (Å²) in [6.45, 7) is 9.67. The van der Waals surface area contributed by atoms with Crippen LogP contribution in [0.2, 0.25) is 28.2 Å². The van der Waals surface area contributed by atoms with Crippen molar-refractivity contribution in [1.29, 1.82) is 0 Å². The lowest BCUT2D eigenvalue weighted by Crippen LogP contribution is -2.42. The lowest BCUT2D eigenvalue weighted by atomic mass is 9.95. The monoisotopic (exact) mass is 427 g/mol. The molecule has 2 bridgehead atoms. The van der Waals surface area contributed by atoms with Gasteiger partial charge in [-0.3, -0.25) is 0 Å². The zero-order chi connectivity index (χ0) is 19.6. The molecule has 0 radical (unpaired) electrons. The van der Waals surface area contributed by atoms with Crippen molar-refractivity contribution in [3.8, 4) is 0 Å². The second-order valence-electron chi connectivity index (χ2n) is 8.68. The molecule has 4 atom stereocenters. The van der Waals surface area contributed by atoms with Gasteiger partial charge in [-0.1, -0.05) is 50.4 Å². The Kier molecular flexibility index (Phi) is 7.35. The van der Waals surface area contributed by atoms with Crippen molar-refractivity contribution in [3.63, 3.8) is 0 Å². The highest BCUT2D eigenvalue weighted by atomic mass is 35.5. The summed E-state index contributed by atoms with van der Waals surface area (Å²) in [6, 6.07) is 8.07. The van der Waals surface area contributed by atoms with Crippen molar-refractivity contribution in [2.24, 2.45) is 11.8 Å². The molecule has 2 unspecified atom stereocenters. The van der Waals surface area contributed by atoms with E-state index in [1.54, 1.807) is 0 Å². The fourth-order valence-electron chi connectivity index (χ4n) is 5.28. The van der Waals surface area contributed by atoms with Crippen LogP contribution in [-0.2, 0) is 4.43 Å². The Morgan fingerprint density at radius 3 is 2.19 bits per heavy atom. The molecule has 1 N–H and O–H groups in total. The van der Waals surface area contributed by atoms with Crippen LogP contribution in [0.1, 0.15) is 63.7 Å². The van der Waals surface area contributed by atoms with Crippen molar-refractivity contribution in [1.82, 2.24) is 5.32 Å². The Morgan fingerprint density at radius 2 is 1.70 bits per heavy atom. The van der Waals surface area contributed by atoms with Gasteiger partial charge in [0.25, 0.3) is 0 Å². The molecular formula is C22H35Cl2NOSi. The van der Waals surface area contributed by atoms with Gasteiger partial charge in [0.15, 0.2) is 8.32 Å². The van der Waals surface area contributed by atoms with Gasteiger partial charge in [-0.05, 0) is 73.9 Å². The standard InChI is InChI=1S/C22H35Cl2NOSi/c1-5-27(6-2,7-3)26-21(22-18(23)10-15(4)11-19(22)24)14-25-20-13-16-8-9-17(20)12-16/h10-11,16-17,20-21,25H,5-9,12-14H2,1-4H3/t16-,17+,20?,21?/m1/s1. The van der Waals surface area contributed by atoms with E-state index < -0.39 is 8.32 Å². The van der Waals surface area contributed by atoms with Gasteiger partial charge in [-0.15, -0.1) is 0 Å². The number of aryl methyl sites for hydroxylation is 1. The molecule has 0 amide bonds. The van der Waals surface area contributed by atoms with Crippen LogP contribution in [0.5, 0.6) is 0 Å². The number of nitrogens with one attached hydrogen (secondary N) is 1. The Balaban J connectivity index is 1.82. The fraction of sp³-hybridized carbons (Fsp3) is 0.727. The van der Waals surface area contributed by atoms with Gasteiger partial charge in [0.05, 0.1) is 6.10 Å². The smallest absolute Gasteiger partial charge is 0.192 e. The van der Waals surface area contributed by atoms with Crippen molar-refractivity contribution in [3.05, 3.63) is 33.3 Å². The largest absolute Gasteiger partial charge is 0.409 e. The highest BCUT2D eigenvalue weighted by Crippen LogP contribution is 2.45. The highest BCUT2D eigenvalue weighted by Gasteiger charge is 2.40. The second-order valence-corrected chi connectivity index (χ2v) is 14.2. The Bertz CT molecular complexity index is 618. The zero-order valence-electron chi connectivity index (χ0n) is 17.3. The number of rotatable bonds is 9. The van der Waals surface area contributed by atoms with Crippen molar-refractivity contribution >= 4 is 31.5 Å². The summed E-state index contributed by atoms with van der Waals surface area (Å²) in [5.41, 5.74) is 2.07. The highest BCUT2D eigenvalue weighted by molar-refractivity contribution is 6.73. The molecule has 2 aliphatic rings. The molecule has 0 saturated heterocycles. The molecule has 2 nitrogen and oxygen atoms in total. The minimum Gasteiger partial charge on any atom is -0.409 e. The summed E-state index contributed by atoms with van der Waals surface area (Å²) in [5, 5.41) is 5.34. The van der Waals surface area contributed by atoms with E-state index >= 15 is 0 Å². The average Bonchev–Trinajstić information content (AvgIpc) is 3.26. The third-order valence-electron chi connectivity index (χ3n) is 7.17. The zero-order valence-corrected chi connectivity index (χ0v) is 19.8. The molecule has 152 valence electrons. The maximum atomic E-state index is 6.92. The molecule has 1 aromatic carbocycles. The van der Waals surface area contributed by atoms with Crippen LogP contribution in [0, 0.1) is 18.8 Å². The van der Waals surface area contributed by atoms with Gasteiger partial charge in [0.1, 0.15) is 0 Å². The fourth-order valence-corrected chi connectivity index (χ4v) is 8.92. The Hall–Kier alpha value is -0.0631. The summed E-state index contributed by atoms with van der Waals surface area (Å²) in [7, 11) is -1.77. The molecular weight excluding hydrogens is 393 g/mol. The lowest BCUT2D eigenvalue weighted by molar-refractivity contribution is 0.175. The molecule has 5 heteroatoms. The quantitative estimate of drug-likeness (QED) is 0.422. The molecule has 0 aromatic heterocycles. The summed E-state index contributed by atoms with van der Waals surface area (Å²) in [4.78, 5) is 0. The molecule has 0 heterocycles. The first-order valence-electron chi connectivity index (χ1n) is 10.8. The van der Waals surface area contributed by atoms with E-state index in [4.69, 9.17) is 27.6 Å². The molecule has 2 aliphatic carbocycles. The number of fused-ring (bicyclic) bond motifs is 2. The van der Waals surface area contributed by atoms with Crippen LogP contribution in [0.4, 0.5) is 0 Å². The number of hydrogen-bond donors (Lipinski definition) is 1. The molecule has 2 fully saturated rings. The topological polar surface area (TPSA) is 21.3 Å². The number of halogens is 2. The van der Waals surface area contributed by atoms with E-state index in [-0.39, 0.29) is 6.10 Å². The summed E-state index contributed by atoms with van der Waals surface area (Å²) in [5.74, 6) is 1.79. The van der Waals surface area contributed by atoms with E-state index in [1.165, 1.54) is 25.7 Å². The Labute approximate surface area is 176 Å². The van der Waals surface area contributed by atoms with Gasteiger partial charge in [-0.25, -0.2) is 0 Å². The third-order valence-corrected chi connectivity index (χ3v) is 12.5. The molecule has 27 heavy (non-hydrogen) atoms. The minimum atomic E-state index is -1.77. The minimum absolute atomic E-state index is 0.0590. The van der Waals surface area contributed by atoms with Crippen LogP contribution in [0.3, 0.4) is 0 Å². The van der Waals surface area contributed by atoms with E-state index in [1.807, 2.05) is 19.1 Å². The maximum Gasteiger partial charge on any atom is 0.192 e. The SMILES string of the molecule is CC[Si](CC)(CC)OC(CNC1C[C@@H]2CC[C@H]1C2)c1c(Cl)cc(C)cc1Cl. The van der Waals surface area contributed by atoms with E-state index in [2.05, 4.69) is 26.1 Å². The molecule has 1 aromatic rings. The number of hydrogen-bond acceptors (Lipinski definition) is 2. The summed E-state index contributed by atoms with van der Waals surface area (Å²) < 4.78 is 6.92. The maximum absolute atomic E-state index is 6.92. The van der Waals surface area contributed by atoms with Crippen LogP contribution in [0.15, 0.2) is 12.1 Å². The predicted octanol–water partition coefficient (Wildman–Crippen LogP) is 7.14. The Morgan fingerprint density at radius 1 is 1.07 bits per heavy atom. The molecule has 0 spiro atoms. The number of benzene rings is 1. The molecule has 2 saturated carbocycles. The normalized spacial score (nSPS) is 25.9. The summed E-state index contributed by atoms with van der Waals surface area (Å²) >= 11 is 13.3. The second kappa shape index (κ2) is 9.17. The van der Waals surface area contributed by atoms with E-state index in [0.29, 0.717) is 6.04 Å². The lowest BCUT2D eigenvalue weighted by Gasteiger charge is -2.35. The van der Waals surface area contributed by atoms with Crippen LogP contribution in [-0.4, -0.2) is 20.9 Å². The van der Waals surface area contributed by atoms with E-state index in [0.717, 1.165) is 57.7 Å². The van der Waals surface area contributed by atoms with Crippen molar-refractivity contribution in [2.75, 3.05) is 6.54 Å². The van der Waals surface area contributed by atoms with Gasteiger partial charge in [-0.2, -0.15) is 0 Å². The predicted molar refractivity (Wildman–Crippen MR) is 119 cm³/mol. The van der Waals surface area contributed by atoms with Gasteiger partial charge < -0.3 is 9.74 Å². The van der Waals surface area contributed by atoms with Crippen molar-refractivity contribution < 1.29 is 4.43 Å². The first-order chi connectivity index (χ1) is 12.9. The van der Waals surface area contributed by atoms with Crippen LogP contribution >= 0.6 is 23.2 Å². The van der Waals surface area contributed by atoms with Crippen LogP contribution < -0.4 is 5.32 Å². The average molecular weight is 429 g/mol. The molecule has 0 aliphatic heterocycles. The van der Waals surface area contributed by atoms with Gasteiger partial charge >= 0.3 is 0 Å². The van der Waals surface area contributed by atoms with Crippen LogP contribution in [0.25, 0.3) is 0 Å².